The molecule has 0 saturated carbocycles. The molecule has 1 heterocycles. The molecule has 3 nitrogen and oxygen atoms in total. The van der Waals surface area contributed by atoms with Gasteiger partial charge in [0.25, 0.3) is 0 Å². The van der Waals surface area contributed by atoms with Crippen LogP contribution in [0.2, 0.25) is 0 Å². The molecular formula is C13H16IN3. The van der Waals surface area contributed by atoms with E-state index in [4.69, 9.17) is 0 Å². The molecule has 1 aromatic heterocycles. The van der Waals surface area contributed by atoms with E-state index in [0.29, 0.717) is 0 Å². The molecule has 17 heavy (non-hydrogen) atoms. The van der Waals surface area contributed by atoms with Gasteiger partial charge in [0, 0.05) is 16.0 Å². The molecule has 0 aliphatic heterocycles. The monoisotopic (exact) mass is 341 g/mol. The van der Waals surface area contributed by atoms with Crippen LogP contribution in [0.4, 0.5) is 0 Å². The lowest BCUT2D eigenvalue weighted by Crippen LogP contribution is -2.24. The van der Waals surface area contributed by atoms with Crippen molar-refractivity contribution in [3.63, 3.8) is 0 Å². The molecular weight excluding hydrogens is 325 g/mol. The number of likely N-dealkylation sites (N-methyl/N-ethyl adjacent to an activating group) is 1. The Morgan fingerprint density at radius 3 is 2.71 bits per heavy atom. The van der Waals surface area contributed by atoms with E-state index in [1.54, 1.807) is 6.20 Å². The molecule has 0 saturated heterocycles. The van der Waals surface area contributed by atoms with Gasteiger partial charge >= 0.3 is 0 Å². The lowest BCUT2D eigenvalue weighted by molar-refractivity contribution is 0.526. The number of nitrogens with one attached hydrogen (secondary N) is 2. The van der Waals surface area contributed by atoms with E-state index in [0.717, 1.165) is 18.8 Å². The minimum atomic E-state index is 0.259. The Morgan fingerprint density at radius 2 is 2.12 bits per heavy atom. The zero-order valence-electron chi connectivity index (χ0n) is 9.78. The Balaban J connectivity index is 2.10. The van der Waals surface area contributed by atoms with Gasteiger partial charge in [0.05, 0.1) is 6.04 Å². The van der Waals surface area contributed by atoms with Crippen molar-refractivity contribution in [1.82, 2.24) is 15.3 Å². The van der Waals surface area contributed by atoms with Crippen LogP contribution >= 0.6 is 22.6 Å². The van der Waals surface area contributed by atoms with Gasteiger partial charge in [-0.05, 0) is 53.3 Å². The van der Waals surface area contributed by atoms with E-state index in [9.17, 15) is 0 Å². The molecule has 0 spiro atoms. The average molecular weight is 341 g/mol. The number of rotatable bonds is 5. The fraction of sp³-hybridized carbons (Fsp3) is 0.308. The lowest BCUT2D eigenvalue weighted by Gasteiger charge is -2.15. The highest BCUT2D eigenvalue weighted by atomic mass is 127. The predicted molar refractivity (Wildman–Crippen MR) is 77.9 cm³/mol. The second kappa shape index (κ2) is 6.16. The van der Waals surface area contributed by atoms with Crippen LogP contribution in [-0.4, -0.2) is 16.5 Å². The summed E-state index contributed by atoms with van der Waals surface area (Å²) in [5.74, 6) is 1.01. The smallest absolute Gasteiger partial charge is 0.123 e. The summed E-state index contributed by atoms with van der Waals surface area (Å²) in [6.45, 7) is 3.06. The number of imidazole rings is 1. The van der Waals surface area contributed by atoms with Gasteiger partial charge in [-0.3, -0.25) is 0 Å². The molecule has 2 rings (SSSR count). The summed E-state index contributed by atoms with van der Waals surface area (Å²) in [5.41, 5.74) is 1.33. The van der Waals surface area contributed by atoms with Crippen molar-refractivity contribution >= 4 is 22.6 Å². The number of H-pyrrole nitrogens is 1. The van der Waals surface area contributed by atoms with Crippen LogP contribution in [0.15, 0.2) is 36.7 Å². The van der Waals surface area contributed by atoms with Crippen molar-refractivity contribution in [2.24, 2.45) is 0 Å². The first kappa shape index (κ1) is 12.6. The van der Waals surface area contributed by atoms with Crippen molar-refractivity contribution in [2.75, 3.05) is 6.54 Å². The van der Waals surface area contributed by atoms with Gasteiger partial charge in [-0.15, -0.1) is 0 Å². The molecule has 1 unspecified atom stereocenters. The number of nitrogens with zero attached hydrogens (tertiary/aromatic N) is 1. The SMILES string of the molecule is CCNC(Cc1ccc(I)cc1)c1ncc[nH]1. The summed E-state index contributed by atoms with van der Waals surface area (Å²) in [7, 11) is 0. The zero-order valence-corrected chi connectivity index (χ0v) is 11.9. The van der Waals surface area contributed by atoms with Crippen molar-refractivity contribution in [1.29, 1.82) is 0 Å². The van der Waals surface area contributed by atoms with Gasteiger partial charge in [0.2, 0.25) is 0 Å². The van der Waals surface area contributed by atoms with E-state index in [2.05, 4.69) is 69.1 Å². The Bertz CT molecular complexity index is 436. The molecule has 2 N–H and O–H groups in total. The third-order valence-corrected chi connectivity index (χ3v) is 3.37. The summed E-state index contributed by atoms with van der Waals surface area (Å²) in [6.07, 6.45) is 4.62. The molecule has 0 bridgehead atoms. The van der Waals surface area contributed by atoms with Crippen molar-refractivity contribution in [2.45, 2.75) is 19.4 Å². The Hall–Kier alpha value is -0.880. The first-order chi connectivity index (χ1) is 8.29. The van der Waals surface area contributed by atoms with Crippen molar-refractivity contribution in [3.05, 3.63) is 51.6 Å². The highest BCUT2D eigenvalue weighted by molar-refractivity contribution is 14.1. The summed E-state index contributed by atoms with van der Waals surface area (Å²) >= 11 is 2.32. The maximum atomic E-state index is 4.33. The standard InChI is InChI=1S/C13H16IN3/c1-2-15-12(13-16-7-8-17-13)9-10-3-5-11(14)6-4-10/h3-8,12,15H,2,9H2,1H3,(H,16,17). The summed E-state index contributed by atoms with van der Waals surface area (Å²) in [4.78, 5) is 7.51. The van der Waals surface area contributed by atoms with Crippen LogP contribution in [-0.2, 0) is 6.42 Å². The largest absolute Gasteiger partial charge is 0.347 e. The molecule has 0 fully saturated rings. The molecule has 4 heteroatoms. The average Bonchev–Trinajstić information content (AvgIpc) is 2.85. The molecule has 0 radical (unpaired) electrons. The number of aromatic amines is 1. The maximum absolute atomic E-state index is 4.33. The minimum absolute atomic E-state index is 0.259. The Morgan fingerprint density at radius 1 is 1.35 bits per heavy atom. The van der Waals surface area contributed by atoms with E-state index < -0.39 is 0 Å². The van der Waals surface area contributed by atoms with Crippen molar-refractivity contribution in [3.8, 4) is 0 Å². The van der Waals surface area contributed by atoms with Crippen LogP contribution in [0.25, 0.3) is 0 Å². The second-order valence-electron chi connectivity index (χ2n) is 3.92. The topological polar surface area (TPSA) is 40.7 Å². The molecule has 1 atom stereocenters. The number of halogens is 1. The highest BCUT2D eigenvalue weighted by Gasteiger charge is 2.12. The van der Waals surface area contributed by atoms with E-state index in [1.165, 1.54) is 9.13 Å². The summed E-state index contributed by atoms with van der Waals surface area (Å²) in [5, 5.41) is 3.45. The van der Waals surface area contributed by atoms with Crippen LogP contribution in [0.1, 0.15) is 24.4 Å². The maximum Gasteiger partial charge on any atom is 0.123 e. The van der Waals surface area contributed by atoms with Gasteiger partial charge in [0.1, 0.15) is 5.82 Å². The van der Waals surface area contributed by atoms with Gasteiger partial charge in [0.15, 0.2) is 0 Å². The molecule has 0 aliphatic carbocycles. The summed E-state index contributed by atoms with van der Waals surface area (Å²) < 4.78 is 1.27. The van der Waals surface area contributed by atoms with E-state index in [1.807, 2.05) is 6.20 Å². The van der Waals surface area contributed by atoms with Gasteiger partial charge in [-0.25, -0.2) is 4.98 Å². The fourth-order valence-electron chi connectivity index (χ4n) is 1.84. The highest BCUT2D eigenvalue weighted by Crippen LogP contribution is 2.16. The first-order valence-electron chi connectivity index (χ1n) is 5.76. The predicted octanol–water partition coefficient (Wildman–Crippen LogP) is 2.91. The number of benzene rings is 1. The normalized spacial score (nSPS) is 12.6. The lowest BCUT2D eigenvalue weighted by atomic mass is 10.1. The van der Waals surface area contributed by atoms with Crippen LogP contribution in [0, 0.1) is 3.57 Å². The molecule has 1 aromatic carbocycles. The third kappa shape index (κ3) is 3.54. The van der Waals surface area contributed by atoms with Crippen LogP contribution < -0.4 is 5.32 Å². The van der Waals surface area contributed by atoms with Crippen LogP contribution in [0.5, 0.6) is 0 Å². The molecule has 0 aliphatic rings. The third-order valence-electron chi connectivity index (χ3n) is 2.65. The quantitative estimate of drug-likeness (QED) is 0.821. The Labute approximate surface area is 115 Å². The number of hydrogen-bond donors (Lipinski definition) is 2. The van der Waals surface area contributed by atoms with Gasteiger partial charge in [-0.2, -0.15) is 0 Å². The number of aromatic nitrogens is 2. The van der Waals surface area contributed by atoms with E-state index >= 15 is 0 Å². The fourth-order valence-corrected chi connectivity index (χ4v) is 2.20. The number of hydrogen-bond acceptors (Lipinski definition) is 2. The minimum Gasteiger partial charge on any atom is -0.347 e. The van der Waals surface area contributed by atoms with E-state index in [-0.39, 0.29) is 6.04 Å². The first-order valence-corrected chi connectivity index (χ1v) is 6.84. The van der Waals surface area contributed by atoms with Crippen LogP contribution in [0.3, 0.4) is 0 Å². The zero-order chi connectivity index (χ0) is 12.1. The van der Waals surface area contributed by atoms with Gasteiger partial charge < -0.3 is 10.3 Å². The second-order valence-corrected chi connectivity index (χ2v) is 5.16. The molecule has 90 valence electrons. The molecule has 0 amide bonds. The van der Waals surface area contributed by atoms with Crippen molar-refractivity contribution < 1.29 is 0 Å². The Kier molecular flexibility index (Phi) is 4.56. The molecule has 2 aromatic rings. The van der Waals surface area contributed by atoms with Gasteiger partial charge in [-0.1, -0.05) is 19.1 Å². The summed E-state index contributed by atoms with van der Waals surface area (Å²) in [6, 6.07) is 8.89.